The summed E-state index contributed by atoms with van der Waals surface area (Å²) in [5, 5.41) is 0. The van der Waals surface area contributed by atoms with Gasteiger partial charge in [-0.05, 0) is 23.8 Å². The normalized spacial score (nSPS) is 11.5. The Bertz CT molecular complexity index is 792. The smallest absolute Gasteiger partial charge is 0.246 e. The molecule has 0 unspecified atom stereocenters. The monoisotopic (exact) mass is 399 g/mol. The molecule has 2 rings (SSSR count). The highest BCUT2D eigenvalue weighted by Crippen LogP contribution is 2.31. The van der Waals surface area contributed by atoms with E-state index in [0.29, 0.717) is 5.75 Å². The molecule has 5 nitrogen and oxygen atoms in total. The zero-order valence-corrected chi connectivity index (χ0v) is 15.5. The van der Waals surface area contributed by atoms with E-state index in [1.807, 2.05) is 24.3 Å². The molecule has 0 N–H and O–H groups in total. The van der Waals surface area contributed by atoms with Crippen molar-refractivity contribution >= 4 is 26.0 Å². The molecule has 23 heavy (non-hydrogen) atoms. The van der Waals surface area contributed by atoms with Crippen molar-refractivity contribution in [3.05, 3.63) is 52.5 Å². The predicted molar refractivity (Wildman–Crippen MR) is 92.3 cm³/mol. The van der Waals surface area contributed by atoms with E-state index in [-0.39, 0.29) is 17.2 Å². The van der Waals surface area contributed by atoms with Crippen LogP contribution < -0.4 is 9.47 Å². The molecule has 7 heteroatoms. The Hall–Kier alpha value is -1.57. The van der Waals surface area contributed by atoms with Crippen LogP contribution in [0, 0.1) is 0 Å². The second-order valence-electron chi connectivity index (χ2n) is 4.87. The number of ether oxygens (including phenoxy) is 2. The van der Waals surface area contributed by atoms with Gasteiger partial charge in [0.15, 0.2) is 0 Å². The van der Waals surface area contributed by atoms with E-state index in [1.165, 1.54) is 31.6 Å². The molecule has 0 spiro atoms. The van der Waals surface area contributed by atoms with Crippen molar-refractivity contribution in [1.29, 1.82) is 0 Å². The summed E-state index contributed by atoms with van der Waals surface area (Å²) in [7, 11) is 0.742. The molecule has 0 heterocycles. The molecule has 0 aliphatic rings. The second-order valence-corrected chi connectivity index (χ2v) is 7.74. The Balaban J connectivity index is 2.39. The molecule has 124 valence electrons. The van der Waals surface area contributed by atoms with Gasteiger partial charge in [0, 0.05) is 24.1 Å². The fourth-order valence-corrected chi connectivity index (χ4v) is 3.83. The van der Waals surface area contributed by atoms with Gasteiger partial charge in [0.05, 0.1) is 14.2 Å². The molecule has 0 saturated heterocycles. The van der Waals surface area contributed by atoms with E-state index >= 15 is 0 Å². The Morgan fingerprint density at radius 3 is 2.39 bits per heavy atom. The van der Waals surface area contributed by atoms with E-state index in [1.54, 1.807) is 12.1 Å². The van der Waals surface area contributed by atoms with E-state index in [4.69, 9.17) is 9.47 Å². The van der Waals surface area contributed by atoms with Crippen molar-refractivity contribution in [2.24, 2.45) is 0 Å². The first-order valence-electron chi connectivity index (χ1n) is 6.82. The summed E-state index contributed by atoms with van der Waals surface area (Å²) >= 11 is 3.43. The number of rotatable bonds is 6. The first-order valence-corrected chi connectivity index (χ1v) is 9.05. The molecule has 0 aliphatic heterocycles. The first-order chi connectivity index (χ1) is 10.9. The summed E-state index contributed by atoms with van der Waals surface area (Å²) in [6.45, 7) is 0.240. The lowest BCUT2D eigenvalue weighted by molar-refractivity contribution is 0.388. The van der Waals surface area contributed by atoms with Crippen molar-refractivity contribution in [3.8, 4) is 11.5 Å². The van der Waals surface area contributed by atoms with Crippen LogP contribution in [0.4, 0.5) is 0 Å². The lowest BCUT2D eigenvalue weighted by Crippen LogP contribution is -2.27. The Morgan fingerprint density at radius 1 is 1.09 bits per heavy atom. The summed E-state index contributed by atoms with van der Waals surface area (Å²) in [6, 6.07) is 12.2. The Kier molecular flexibility index (Phi) is 5.67. The van der Waals surface area contributed by atoms with Crippen LogP contribution in [0.1, 0.15) is 5.56 Å². The lowest BCUT2D eigenvalue weighted by Gasteiger charge is -2.20. The molecule has 2 aromatic rings. The Labute approximate surface area is 145 Å². The molecule has 0 bridgehead atoms. The van der Waals surface area contributed by atoms with Gasteiger partial charge in [0.1, 0.15) is 16.4 Å². The standard InChI is InChI=1S/C16H18BrNO4S/c1-18(11-12-6-4-5-7-14(12)17)23(19,20)16-10-13(21-2)8-9-15(16)22-3/h4-10H,11H2,1-3H3. The maximum atomic E-state index is 12.9. The van der Waals surface area contributed by atoms with Crippen LogP contribution in [0.5, 0.6) is 11.5 Å². The van der Waals surface area contributed by atoms with Gasteiger partial charge in [0.25, 0.3) is 0 Å². The Morgan fingerprint density at radius 2 is 1.78 bits per heavy atom. The van der Waals surface area contributed by atoms with Gasteiger partial charge in [-0.1, -0.05) is 34.1 Å². The largest absolute Gasteiger partial charge is 0.497 e. The predicted octanol–water partition coefficient (Wildman–Crippen LogP) is 3.29. The molecule has 0 saturated carbocycles. The van der Waals surface area contributed by atoms with Gasteiger partial charge in [-0.3, -0.25) is 0 Å². The molecular weight excluding hydrogens is 382 g/mol. The van der Waals surface area contributed by atoms with Crippen molar-refractivity contribution in [3.63, 3.8) is 0 Å². The van der Waals surface area contributed by atoms with Crippen LogP contribution in [-0.2, 0) is 16.6 Å². The highest BCUT2D eigenvalue weighted by molar-refractivity contribution is 9.10. The average molecular weight is 400 g/mol. The van der Waals surface area contributed by atoms with Gasteiger partial charge >= 0.3 is 0 Å². The summed E-state index contributed by atoms with van der Waals surface area (Å²) in [6.07, 6.45) is 0. The fraction of sp³-hybridized carbons (Fsp3) is 0.250. The van der Waals surface area contributed by atoms with Crippen LogP contribution in [0.15, 0.2) is 51.8 Å². The van der Waals surface area contributed by atoms with Crippen molar-refractivity contribution in [2.45, 2.75) is 11.4 Å². The number of benzene rings is 2. The van der Waals surface area contributed by atoms with Crippen molar-refractivity contribution < 1.29 is 17.9 Å². The van der Waals surface area contributed by atoms with Crippen LogP contribution in [0.2, 0.25) is 0 Å². The van der Waals surface area contributed by atoms with Crippen LogP contribution in [0.25, 0.3) is 0 Å². The van der Waals surface area contributed by atoms with E-state index in [2.05, 4.69) is 15.9 Å². The minimum Gasteiger partial charge on any atom is -0.497 e. The number of hydrogen-bond donors (Lipinski definition) is 0. The minimum absolute atomic E-state index is 0.0777. The highest BCUT2D eigenvalue weighted by atomic mass is 79.9. The number of methoxy groups -OCH3 is 2. The third kappa shape index (κ3) is 3.85. The van der Waals surface area contributed by atoms with Gasteiger partial charge in [0.2, 0.25) is 10.0 Å². The number of nitrogens with zero attached hydrogens (tertiary/aromatic N) is 1. The number of sulfonamides is 1. The van der Waals surface area contributed by atoms with Gasteiger partial charge in [-0.15, -0.1) is 0 Å². The fourth-order valence-electron chi connectivity index (χ4n) is 2.10. The third-order valence-electron chi connectivity index (χ3n) is 3.41. The van der Waals surface area contributed by atoms with Crippen molar-refractivity contribution in [1.82, 2.24) is 4.31 Å². The summed E-state index contributed by atoms with van der Waals surface area (Å²) in [5.41, 5.74) is 0.875. The number of halogens is 1. The first kappa shape index (κ1) is 17.8. The van der Waals surface area contributed by atoms with Gasteiger partial charge in [-0.25, -0.2) is 8.42 Å². The molecule has 0 amide bonds. The highest BCUT2D eigenvalue weighted by Gasteiger charge is 2.26. The van der Waals surface area contributed by atoms with E-state index in [9.17, 15) is 8.42 Å². The third-order valence-corrected chi connectivity index (χ3v) is 6.01. The summed E-state index contributed by atoms with van der Waals surface area (Å²) < 4.78 is 38.2. The molecule has 0 atom stereocenters. The van der Waals surface area contributed by atoms with Gasteiger partial charge < -0.3 is 9.47 Å². The molecule has 0 radical (unpaired) electrons. The second kappa shape index (κ2) is 7.33. The van der Waals surface area contributed by atoms with Crippen LogP contribution in [-0.4, -0.2) is 34.0 Å². The van der Waals surface area contributed by atoms with Crippen LogP contribution >= 0.6 is 15.9 Å². The van der Waals surface area contributed by atoms with Gasteiger partial charge in [-0.2, -0.15) is 4.31 Å². The maximum Gasteiger partial charge on any atom is 0.246 e. The molecule has 2 aromatic carbocycles. The zero-order valence-electron chi connectivity index (χ0n) is 13.1. The molecule has 0 aromatic heterocycles. The minimum atomic E-state index is -3.72. The van der Waals surface area contributed by atoms with E-state index in [0.717, 1.165) is 10.0 Å². The SMILES string of the molecule is COc1ccc(OC)c(S(=O)(=O)N(C)Cc2ccccc2Br)c1. The molecular formula is C16H18BrNO4S. The maximum absolute atomic E-state index is 12.9. The summed E-state index contributed by atoms with van der Waals surface area (Å²) in [5.74, 6) is 0.739. The summed E-state index contributed by atoms with van der Waals surface area (Å²) in [4.78, 5) is 0.0777. The average Bonchev–Trinajstić information content (AvgIpc) is 2.56. The number of hydrogen-bond acceptors (Lipinski definition) is 4. The quantitative estimate of drug-likeness (QED) is 0.747. The molecule has 0 aliphatic carbocycles. The zero-order chi connectivity index (χ0) is 17.0. The van der Waals surface area contributed by atoms with Crippen molar-refractivity contribution in [2.75, 3.05) is 21.3 Å². The van der Waals surface area contributed by atoms with E-state index < -0.39 is 10.0 Å². The molecule has 0 fully saturated rings. The van der Waals surface area contributed by atoms with Crippen LogP contribution in [0.3, 0.4) is 0 Å². The lowest BCUT2D eigenvalue weighted by atomic mass is 10.2. The topological polar surface area (TPSA) is 55.8 Å².